The average Bonchev–Trinajstić information content (AvgIpc) is 2.79. The molecule has 0 bridgehead atoms. The van der Waals surface area contributed by atoms with E-state index in [9.17, 15) is 4.39 Å². The van der Waals surface area contributed by atoms with Gasteiger partial charge in [-0.1, -0.05) is 11.6 Å². The summed E-state index contributed by atoms with van der Waals surface area (Å²) in [5, 5.41) is 0.750. The smallest absolute Gasteiger partial charge is 0.234 e. The van der Waals surface area contributed by atoms with Crippen LogP contribution >= 0.6 is 11.6 Å². The van der Waals surface area contributed by atoms with E-state index in [1.54, 1.807) is 0 Å². The molecule has 0 aliphatic carbocycles. The molecule has 2 heterocycles. The molecule has 0 N–H and O–H groups in total. The second kappa shape index (κ2) is 11.0. The molecule has 1 aromatic heterocycles. The number of rotatable bonds is 9. The number of ether oxygens (including phenoxy) is 4. The number of halogens is 2. The SMILES string of the molecule is CN(C)CCCOc1cc(OC2CCOCC2)c2c(Oc3ccc(F)cc3Cl)ncnc2c1. The lowest BCUT2D eigenvalue weighted by Crippen LogP contribution is -2.26. The van der Waals surface area contributed by atoms with E-state index in [0.717, 1.165) is 25.8 Å². The summed E-state index contributed by atoms with van der Waals surface area (Å²) in [6.07, 6.45) is 3.85. The van der Waals surface area contributed by atoms with Gasteiger partial charge in [-0.2, -0.15) is 0 Å². The normalized spacial score (nSPS) is 14.6. The zero-order chi connectivity index (χ0) is 23.2. The Kier molecular flexibility index (Phi) is 7.80. The van der Waals surface area contributed by atoms with Crippen LogP contribution in [0.25, 0.3) is 10.9 Å². The van der Waals surface area contributed by atoms with Crippen molar-refractivity contribution >= 4 is 22.5 Å². The second-order valence-corrected chi connectivity index (χ2v) is 8.51. The average molecular weight is 476 g/mol. The molecule has 176 valence electrons. The van der Waals surface area contributed by atoms with E-state index in [1.165, 1.54) is 24.5 Å². The second-order valence-electron chi connectivity index (χ2n) is 8.11. The van der Waals surface area contributed by atoms with Crippen LogP contribution in [0.15, 0.2) is 36.7 Å². The largest absolute Gasteiger partial charge is 0.493 e. The van der Waals surface area contributed by atoms with E-state index in [4.69, 9.17) is 30.5 Å². The summed E-state index contributed by atoms with van der Waals surface area (Å²) >= 11 is 6.17. The summed E-state index contributed by atoms with van der Waals surface area (Å²) in [4.78, 5) is 10.8. The predicted molar refractivity (Wildman–Crippen MR) is 124 cm³/mol. The number of hydrogen-bond acceptors (Lipinski definition) is 7. The Hall–Kier alpha value is -2.68. The van der Waals surface area contributed by atoms with Gasteiger partial charge in [0, 0.05) is 31.5 Å². The fourth-order valence-electron chi connectivity index (χ4n) is 3.56. The molecule has 1 aliphatic rings. The van der Waals surface area contributed by atoms with Crippen molar-refractivity contribution in [3.05, 3.63) is 47.5 Å². The van der Waals surface area contributed by atoms with Crippen molar-refractivity contribution in [1.29, 1.82) is 0 Å². The Balaban J connectivity index is 1.67. The number of hydrogen-bond donors (Lipinski definition) is 0. The molecule has 0 amide bonds. The van der Waals surface area contributed by atoms with Gasteiger partial charge in [0.25, 0.3) is 0 Å². The van der Waals surface area contributed by atoms with Crippen LogP contribution in [0.4, 0.5) is 4.39 Å². The number of nitrogens with zero attached hydrogens (tertiary/aromatic N) is 3. The first-order valence-corrected chi connectivity index (χ1v) is 11.3. The van der Waals surface area contributed by atoms with E-state index >= 15 is 0 Å². The molecule has 0 radical (unpaired) electrons. The van der Waals surface area contributed by atoms with Gasteiger partial charge in [-0.25, -0.2) is 14.4 Å². The van der Waals surface area contributed by atoms with Crippen molar-refractivity contribution in [2.45, 2.75) is 25.4 Å². The van der Waals surface area contributed by atoms with Crippen LogP contribution in [0.3, 0.4) is 0 Å². The Morgan fingerprint density at radius 2 is 1.94 bits per heavy atom. The lowest BCUT2D eigenvalue weighted by Gasteiger charge is -2.24. The summed E-state index contributed by atoms with van der Waals surface area (Å²) in [7, 11) is 4.06. The van der Waals surface area contributed by atoms with Crippen LogP contribution in [-0.4, -0.2) is 61.4 Å². The lowest BCUT2D eigenvalue weighted by molar-refractivity contribution is 0.0260. The Bertz CT molecular complexity index is 1090. The zero-order valence-electron chi connectivity index (χ0n) is 18.7. The van der Waals surface area contributed by atoms with Crippen LogP contribution in [0.1, 0.15) is 19.3 Å². The molecule has 3 aromatic rings. The van der Waals surface area contributed by atoms with E-state index in [1.807, 2.05) is 26.2 Å². The van der Waals surface area contributed by atoms with Gasteiger partial charge in [0.1, 0.15) is 40.9 Å². The van der Waals surface area contributed by atoms with Crippen molar-refractivity contribution in [2.24, 2.45) is 0 Å². The molecule has 4 rings (SSSR count). The summed E-state index contributed by atoms with van der Waals surface area (Å²) in [6.45, 7) is 2.79. The fourth-order valence-corrected chi connectivity index (χ4v) is 3.77. The molecule has 1 fully saturated rings. The van der Waals surface area contributed by atoms with Crippen molar-refractivity contribution in [2.75, 3.05) is 40.5 Å². The van der Waals surface area contributed by atoms with Gasteiger partial charge in [0.05, 0.1) is 30.4 Å². The molecule has 0 unspecified atom stereocenters. The van der Waals surface area contributed by atoms with Gasteiger partial charge in [-0.05, 0) is 38.7 Å². The first kappa shape index (κ1) is 23.5. The van der Waals surface area contributed by atoms with Crippen LogP contribution in [0.5, 0.6) is 23.1 Å². The quantitative estimate of drug-likeness (QED) is 0.399. The van der Waals surface area contributed by atoms with Crippen LogP contribution in [0, 0.1) is 5.82 Å². The maximum absolute atomic E-state index is 13.5. The van der Waals surface area contributed by atoms with E-state index < -0.39 is 5.82 Å². The molecule has 2 aromatic carbocycles. The topological polar surface area (TPSA) is 65.9 Å². The Morgan fingerprint density at radius 1 is 1.12 bits per heavy atom. The fraction of sp³-hybridized carbons (Fsp3) is 0.417. The Labute approximate surface area is 197 Å². The third-order valence-corrected chi connectivity index (χ3v) is 5.52. The maximum atomic E-state index is 13.5. The minimum absolute atomic E-state index is 0.00611. The first-order valence-electron chi connectivity index (χ1n) is 10.9. The molecule has 1 aliphatic heterocycles. The molecule has 0 atom stereocenters. The highest BCUT2D eigenvalue weighted by atomic mass is 35.5. The Morgan fingerprint density at radius 3 is 2.70 bits per heavy atom. The first-order chi connectivity index (χ1) is 16.0. The molecule has 1 saturated heterocycles. The van der Waals surface area contributed by atoms with Gasteiger partial charge < -0.3 is 23.8 Å². The van der Waals surface area contributed by atoms with Gasteiger partial charge in [0.2, 0.25) is 5.88 Å². The van der Waals surface area contributed by atoms with Crippen molar-refractivity contribution < 1.29 is 23.3 Å². The lowest BCUT2D eigenvalue weighted by atomic mass is 10.1. The highest BCUT2D eigenvalue weighted by Crippen LogP contribution is 2.39. The van der Waals surface area contributed by atoms with E-state index in [0.29, 0.717) is 48.0 Å². The third kappa shape index (κ3) is 6.22. The van der Waals surface area contributed by atoms with Crippen LogP contribution in [-0.2, 0) is 4.74 Å². The standard InChI is InChI=1S/C24H27ClFN3O4/c1-29(2)8-3-9-31-18-13-20-23(22(14-18)32-17-6-10-30-11-7-17)24(28-15-27-20)33-21-5-4-16(26)12-19(21)25/h4-5,12-15,17H,3,6-11H2,1-2H3. The maximum Gasteiger partial charge on any atom is 0.234 e. The van der Waals surface area contributed by atoms with Crippen LogP contribution in [0.2, 0.25) is 5.02 Å². The zero-order valence-corrected chi connectivity index (χ0v) is 19.5. The molecule has 0 spiro atoms. The summed E-state index contributed by atoms with van der Waals surface area (Å²) in [6, 6.07) is 7.62. The molecule has 0 saturated carbocycles. The number of benzene rings is 2. The summed E-state index contributed by atoms with van der Waals surface area (Å²) in [5.74, 6) is 1.34. The minimum atomic E-state index is -0.445. The summed E-state index contributed by atoms with van der Waals surface area (Å²) in [5.41, 5.74) is 0.616. The molecule has 33 heavy (non-hydrogen) atoms. The van der Waals surface area contributed by atoms with Crippen molar-refractivity contribution in [1.82, 2.24) is 14.9 Å². The molecular weight excluding hydrogens is 449 g/mol. The van der Waals surface area contributed by atoms with Gasteiger partial charge in [-0.15, -0.1) is 0 Å². The van der Waals surface area contributed by atoms with Gasteiger partial charge in [0.15, 0.2) is 0 Å². The molecular formula is C24H27ClFN3O4. The highest BCUT2D eigenvalue weighted by Gasteiger charge is 2.21. The monoisotopic (exact) mass is 475 g/mol. The van der Waals surface area contributed by atoms with Gasteiger partial charge in [-0.3, -0.25) is 0 Å². The minimum Gasteiger partial charge on any atom is -0.493 e. The van der Waals surface area contributed by atoms with E-state index in [2.05, 4.69) is 14.9 Å². The van der Waals surface area contributed by atoms with Gasteiger partial charge >= 0.3 is 0 Å². The predicted octanol–water partition coefficient (Wildman–Crippen LogP) is 5.10. The molecule has 7 nitrogen and oxygen atoms in total. The van der Waals surface area contributed by atoms with Crippen LogP contribution < -0.4 is 14.2 Å². The third-order valence-electron chi connectivity index (χ3n) is 5.22. The summed E-state index contributed by atoms with van der Waals surface area (Å²) < 4.78 is 37.2. The van der Waals surface area contributed by atoms with Crippen molar-refractivity contribution in [3.63, 3.8) is 0 Å². The highest BCUT2D eigenvalue weighted by molar-refractivity contribution is 6.32. The number of fused-ring (bicyclic) bond motifs is 1. The number of aromatic nitrogens is 2. The van der Waals surface area contributed by atoms with E-state index in [-0.39, 0.29) is 17.0 Å². The molecule has 9 heteroatoms. The van der Waals surface area contributed by atoms with Crippen molar-refractivity contribution in [3.8, 4) is 23.1 Å².